The van der Waals surface area contributed by atoms with Crippen molar-refractivity contribution in [2.24, 2.45) is 0 Å². The Morgan fingerprint density at radius 1 is 0.611 bits per heavy atom. The van der Waals surface area contributed by atoms with Crippen molar-refractivity contribution < 1.29 is 8.78 Å². The minimum Gasteiger partial charge on any atom is -0.207 e. The molecular weight excluding hydrogens is 366 g/mol. The van der Waals surface area contributed by atoms with Crippen LogP contribution in [0.5, 0.6) is 0 Å². The second kappa shape index (κ2) is 5.76. The lowest BCUT2D eigenvalue weighted by Gasteiger charge is -2.05. The molecule has 0 unspecified atom stereocenters. The number of hydrogen-bond donors (Lipinski definition) is 0. The van der Waals surface area contributed by atoms with Crippen LogP contribution < -0.4 is 0 Å². The van der Waals surface area contributed by atoms with Crippen molar-refractivity contribution in [2.75, 3.05) is 0 Å². The van der Waals surface area contributed by atoms with E-state index in [1.165, 1.54) is 24.3 Å². The zero-order chi connectivity index (χ0) is 13.1. The highest BCUT2D eigenvalue weighted by Crippen LogP contribution is 2.35. The first-order chi connectivity index (χ1) is 8.58. The van der Waals surface area contributed by atoms with Gasteiger partial charge in [-0.3, -0.25) is 0 Å². The summed E-state index contributed by atoms with van der Waals surface area (Å²) in [7, 11) is 0. The van der Waals surface area contributed by atoms with Gasteiger partial charge < -0.3 is 0 Å². The van der Waals surface area contributed by atoms with Crippen molar-refractivity contribution in [3.8, 4) is 0 Å². The molecule has 0 aromatic heterocycles. The van der Waals surface area contributed by atoms with Crippen molar-refractivity contribution in [3.05, 3.63) is 71.3 Å². The van der Waals surface area contributed by atoms with Crippen LogP contribution in [-0.2, 0) is 0 Å². The molecule has 2 aromatic rings. The summed E-state index contributed by atoms with van der Waals surface area (Å²) in [4.78, 5) is 0. The Balaban J connectivity index is 2.40. The highest BCUT2D eigenvalue weighted by molar-refractivity contribution is 9.18. The van der Waals surface area contributed by atoms with Crippen LogP contribution in [0.15, 0.2) is 48.5 Å². The van der Waals surface area contributed by atoms with Gasteiger partial charge in [0, 0.05) is 8.96 Å². The van der Waals surface area contributed by atoms with Gasteiger partial charge >= 0.3 is 0 Å². The molecule has 0 amide bonds. The maximum absolute atomic E-state index is 12.8. The first kappa shape index (κ1) is 13.4. The highest BCUT2D eigenvalue weighted by atomic mass is 79.9. The van der Waals surface area contributed by atoms with Gasteiger partial charge in [-0.25, -0.2) is 8.78 Å². The van der Waals surface area contributed by atoms with Crippen molar-refractivity contribution in [2.45, 2.75) is 0 Å². The average molecular weight is 374 g/mol. The van der Waals surface area contributed by atoms with Gasteiger partial charge in [0.1, 0.15) is 11.6 Å². The first-order valence-corrected chi connectivity index (χ1v) is 6.73. The lowest BCUT2D eigenvalue weighted by atomic mass is 10.1. The summed E-state index contributed by atoms with van der Waals surface area (Å²) in [5.74, 6) is -0.561. The lowest BCUT2D eigenvalue weighted by Crippen LogP contribution is -1.83. The van der Waals surface area contributed by atoms with Crippen LogP contribution in [0.2, 0.25) is 0 Å². The van der Waals surface area contributed by atoms with Gasteiger partial charge in [-0.1, -0.05) is 24.3 Å². The van der Waals surface area contributed by atoms with Gasteiger partial charge in [0.15, 0.2) is 0 Å². The van der Waals surface area contributed by atoms with Gasteiger partial charge in [-0.15, -0.1) is 0 Å². The van der Waals surface area contributed by atoms with Gasteiger partial charge in [0.2, 0.25) is 0 Å². The van der Waals surface area contributed by atoms with Gasteiger partial charge in [-0.2, -0.15) is 0 Å². The summed E-state index contributed by atoms with van der Waals surface area (Å²) >= 11 is 6.90. The van der Waals surface area contributed by atoms with E-state index in [1.54, 1.807) is 24.3 Å². The van der Waals surface area contributed by atoms with Crippen LogP contribution in [0.3, 0.4) is 0 Å². The van der Waals surface area contributed by atoms with Crippen LogP contribution in [-0.4, -0.2) is 0 Å². The fraction of sp³-hybridized carbons (Fsp3) is 0. The van der Waals surface area contributed by atoms with Gasteiger partial charge in [0.25, 0.3) is 0 Å². The predicted octanol–water partition coefficient (Wildman–Crippen LogP) is 5.58. The van der Waals surface area contributed by atoms with E-state index in [0.29, 0.717) is 0 Å². The molecule has 0 heterocycles. The molecule has 0 bridgehead atoms. The summed E-state index contributed by atoms with van der Waals surface area (Å²) in [5, 5.41) is 0. The molecule has 0 spiro atoms. The predicted molar refractivity (Wildman–Crippen MR) is 77.5 cm³/mol. The molecule has 0 radical (unpaired) electrons. The number of hydrogen-bond acceptors (Lipinski definition) is 0. The third-order valence-electron chi connectivity index (χ3n) is 2.39. The molecule has 2 aromatic carbocycles. The van der Waals surface area contributed by atoms with Gasteiger partial charge in [0.05, 0.1) is 0 Å². The average Bonchev–Trinajstić information content (AvgIpc) is 2.39. The van der Waals surface area contributed by atoms with E-state index >= 15 is 0 Å². The van der Waals surface area contributed by atoms with E-state index in [1.807, 2.05) is 0 Å². The summed E-state index contributed by atoms with van der Waals surface area (Å²) in [5.41, 5.74) is 1.68. The van der Waals surface area contributed by atoms with E-state index < -0.39 is 0 Å². The molecule has 0 aliphatic heterocycles. The van der Waals surface area contributed by atoms with Crippen molar-refractivity contribution >= 4 is 40.8 Å². The van der Waals surface area contributed by atoms with Crippen LogP contribution in [0.4, 0.5) is 8.78 Å². The Hall–Kier alpha value is -1.00. The van der Waals surface area contributed by atoms with Crippen LogP contribution in [0, 0.1) is 11.6 Å². The third-order valence-corrected chi connectivity index (χ3v) is 4.63. The number of rotatable bonds is 2. The smallest absolute Gasteiger partial charge is 0.123 e. The molecule has 92 valence electrons. The fourth-order valence-corrected chi connectivity index (χ4v) is 2.43. The van der Waals surface area contributed by atoms with Crippen molar-refractivity contribution in [3.63, 3.8) is 0 Å². The Morgan fingerprint density at radius 2 is 0.889 bits per heavy atom. The van der Waals surface area contributed by atoms with Crippen LogP contribution >= 0.6 is 31.9 Å². The molecule has 0 atom stereocenters. The fourth-order valence-electron chi connectivity index (χ4n) is 1.45. The maximum atomic E-state index is 12.8. The maximum Gasteiger partial charge on any atom is 0.123 e. The van der Waals surface area contributed by atoms with E-state index in [0.717, 1.165) is 20.1 Å². The Morgan fingerprint density at radius 3 is 1.17 bits per heavy atom. The van der Waals surface area contributed by atoms with E-state index in [2.05, 4.69) is 31.9 Å². The molecule has 2 rings (SSSR count). The summed E-state index contributed by atoms with van der Waals surface area (Å²) in [6.45, 7) is 0. The molecule has 0 saturated heterocycles. The van der Waals surface area contributed by atoms with E-state index in [9.17, 15) is 8.78 Å². The normalized spacial score (nSPS) is 12.2. The van der Waals surface area contributed by atoms with Crippen molar-refractivity contribution in [1.29, 1.82) is 0 Å². The Labute approximate surface area is 121 Å². The molecule has 0 N–H and O–H groups in total. The molecule has 0 saturated carbocycles. The molecule has 18 heavy (non-hydrogen) atoms. The summed E-state index contributed by atoms with van der Waals surface area (Å²) in [6, 6.07) is 12.2. The molecule has 4 heteroatoms. The second-order valence-electron chi connectivity index (χ2n) is 3.64. The molecule has 0 fully saturated rings. The van der Waals surface area contributed by atoms with Crippen molar-refractivity contribution in [1.82, 2.24) is 0 Å². The zero-order valence-electron chi connectivity index (χ0n) is 9.13. The largest absolute Gasteiger partial charge is 0.207 e. The SMILES string of the molecule is Fc1ccc(C(Br)=C(Br)c2ccc(F)cc2)cc1. The minimum absolute atomic E-state index is 0.281. The molecule has 0 aliphatic rings. The van der Waals surface area contributed by atoms with Crippen LogP contribution in [0.1, 0.15) is 11.1 Å². The molecule has 0 nitrogen and oxygen atoms in total. The summed E-state index contributed by atoms with van der Waals surface area (Å²) < 4.78 is 27.2. The van der Waals surface area contributed by atoms with Crippen LogP contribution in [0.25, 0.3) is 8.96 Å². The molecule has 0 aliphatic carbocycles. The first-order valence-electron chi connectivity index (χ1n) is 5.15. The summed E-state index contributed by atoms with van der Waals surface area (Å²) in [6.07, 6.45) is 0. The quantitative estimate of drug-likeness (QED) is 0.602. The Bertz CT molecular complexity index is 518. The monoisotopic (exact) mass is 372 g/mol. The highest BCUT2D eigenvalue weighted by Gasteiger charge is 2.07. The van der Waals surface area contributed by atoms with Gasteiger partial charge in [-0.05, 0) is 67.3 Å². The lowest BCUT2D eigenvalue weighted by molar-refractivity contribution is 0.627. The minimum atomic E-state index is -0.281. The zero-order valence-corrected chi connectivity index (χ0v) is 12.3. The number of benzene rings is 2. The second-order valence-corrected chi connectivity index (χ2v) is 5.23. The standard InChI is InChI=1S/C14H8Br2F2/c15-13(9-1-5-11(17)6-2-9)14(16)10-3-7-12(18)8-4-10/h1-8H. The number of halogens is 4. The Kier molecular flexibility index (Phi) is 4.30. The van der Waals surface area contributed by atoms with E-state index in [4.69, 9.17) is 0 Å². The third kappa shape index (κ3) is 3.06. The molecular formula is C14H8Br2F2. The van der Waals surface area contributed by atoms with E-state index in [-0.39, 0.29) is 11.6 Å². The topological polar surface area (TPSA) is 0 Å².